The average molecular weight is 397 g/mol. The smallest absolute Gasteiger partial charge is 0.267 e. The monoisotopic (exact) mass is 397 g/mol. The van der Waals surface area contributed by atoms with Crippen molar-refractivity contribution in [2.24, 2.45) is 0 Å². The molecule has 1 atom stereocenters. The van der Waals surface area contributed by atoms with E-state index >= 15 is 0 Å². The van der Waals surface area contributed by atoms with E-state index in [-0.39, 0.29) is 17.8 Å². The molecule has 6 nitrogen and oxygen atoms in total. The lowest BCUT2D eigenvalue weighted by Crippen LogP contribution is -2.37. The number of aromatic nitrogens is 1. The summed E-state index contributed by atoms with van der Waals surface area (Å²) < 4.78 is 24.6. The summed E-state index contributed by atoms with van der Waals surface area (Å²) >= 11 is 0. The Hall–Kier alpha value is -3.06. The van der Waals surface area contributed by atoms with Crippen LogP contribution in [-0.2, 0) is 6.54 Å². The molecule has 0 fully saturated rings. The van der Waals surface area contributed by atoms with E-state index in [0.29, 0.717) is 24.2 Å². The van der Waals surface area contributed by atoms with Crippen LogP contribution in [0, 0.1) is 5.82 Å². The summed E-state index contributed by atoms with van der Waals surface area (Å²) in [7, 11) is 1.64. The summed E-state index contributed by atoms with van der Waals surface area (Å²) in [5.41, 5.74) is 2.26. The summed E-state index contributed by atoms with van der Waals surface area (Å²) in [5, 5.41) is 3.61. The summed E-state index contributed by atoms with van der Waals surface area (Å²) in [6.07, 6.45) is 0.0302. The molecule has 1 amide bonds. The Bertz CT molecular complexity index is 1030. The van der Waals surface area contributed by atoms with Crippen LogP contribution in [0.4, 0.5) is 4.39 Å². The third-order valence-electron chi connectivity index (χ3n) is 5.05. The molecular weight excluding hydrogens is 373 g/mol. The van der Waals surface area contributed by atoms with Crippen LogP contribution < -0.4 is 14.8 Å². The van der Waals surface area contributed by atoms with Crippen LogP contribution in [-0.4, -0.2) is 48.6 Å². The van der Waals surface area contributed by atoms with Gasteiger partial charge in [-0.2, -0.15) is 0 Å². The van der Waals surface area contributed by atoms with Crippen molar-refractivity contribution in [2.75, 3.05) is 26.7 Å². The maximum absolute atomic E-state index is 13.3. The number of H-pyrrole nitrogens is 1. The van der Waals surface area contributed by atoms with Gasteiger partial charge in [-0.1, -0.05) is 6.07 Å². The normalized spacial score (nSPS) is 16.7. The Labute approximate surface area is 168 Å². The molecule has 0 saturated carbocycles. The predicted octanol–water partition coefficient (Wildman–Crippen LogP) is 3.33. The number of nitrogens with zero attached hydrogens (tertiary/aromatic N) is 1. The highest BCUT2D eigenvalue weighted by Crippen LogP contribution is 2.29. The van der Waals surface area contributed by atoms with E-state index in [1.807, 2.05) is 25.1 Å². The minimum absolute atomic E-state index is 0.0302. The predicted molar refractivity (Wildman–Crippen MR) is 109 cm³/mol. The number of aromatic amines is 1. The average Bonchev–Trinajstić information content (AvgIpc) is 3.04. The van der Waals surface area contributed by atoms with E-state index < -0.39 is 0 Å². The Kier molecular flexibility index (Phi) is 5.40. The quantitative estimate of drug-likeness (QED) is 0.693. The largest absolute Gasteiger partial charge is 0.497 e. The molecule has 1 aliphatic heterocycles. The fourth-order valence-corrected chi connectivity index (χ4v) is 3.64. The SMILES string of the molecule is COc1ccc2c(c1)O[C@@H](C)CN(CCNC(=O)c1cc3cc(F)ccc3[nH]1)C2. The van der Waals surface area contributed by atoms with Crippen molar-refractivity contribution >= 4 is 16.8 Å². The van der Waals surface area contributed by atoms with E-state index in [9.17, 15) is 9.18 Å². The number of hydrogen-bond donors (Lipinski definition) is 2. The number of ether oxygens (including phenoxy) is 2. The van der Waals surface area contributed by atoms with Crippen LogP contribution in [0.15, 0.2) is 42.5 Å². The van der Waals surface area contributed by atoms with Crippen molar-refractivity contribution in [3.63, 3.8) is 0 Å². The number of amides is 1. The van der Waals surface area contributed by atoms with Gasteiger partial charge in [-0.15, -0.1) is 0 Å². The molecule has 4 rings (SSSR count). The highest BCUT2D eigenvalue weighted by Gasteiger charge is 2.20. The van der Waals surface area contributed by atoms with E-state index in [1.165, 1.54) is 12.1 Å². The van der Waals surface area contributed by atoms with Crippen LogP contribution in [0.2, 0.25) is 0 Å². The molecule has 0 aliphatic carbocycles. The van der Waals surface area contributed by atoms with E-state index in [2.05, 4.69) is 15.2 Å². The van der Waals surface area contributed by atoms with Gasteiger partial charge in [0.1, 0.15) is 29.1 Å². The molecule has 29 heavy (non-hydrogen) atoms. The van der Waals surface area contributed by atoms with Crippen LogP contribution >= 0.6 is 0 Å². The van der Waals surface area contributed by atoms with Crippen molar-refractivity contribution in [3.8, 4) is 11.5 Å². The Morgan fingerprint density at radius 2 is 2.17 bits per heavy atom. The van der Waals surface area contributed by atoms with Crippen molar-refractivity contribution in [3.05, 3.63) is 59.5 Å². The fourth-order valence-electron chi connectivity index (χ4n) is 3.64. The molecule has 0 spiro atoms. The fraction of sp³-hybridized carbons (Fsp3) is 0.318. The van der Waals surface area contributed by atoms with Gasteiger partial charge >= 0.3 is 0 Å². The lowest BCUT2D eigenvalue weighted by molar-refractivity contribution is 0.0940. The highest BCUT2D eigenvalue weighted by molar-refractivity contribution is 5.97. The molecule has 152 valence electrons. The summed E-state index contributed by atoms with van der Waals surface area (Å²) in [6.45, 7) is 4.73. The molecule has 1 aromatic heterocycles. The zero-order valence-corrected chi connectivity index (χ0v) is 16.5. The molecule has 0 bridgehead atoms. The number of methoxy groups -OCH3 is 1. The third kappa shape index (κ3) is 4.35. The summed E-state index contributed by atoms with van der Waals surface area (Å²) in [6, 6.07) is 11.9. The van der Waals surface area contributed by atoms with Gasteiger partial charge in [-0.25, -0.2) is 4.39 Å². The first-order valence-corrected chi connectivity index (χ1v) is 9.64. The number of benzene rings is 2. The minimum atomic E-state index is -0.320. The van der Waals surface area contributed by atoms with Crippen LogP contribution in [0.25, 0.3) is 10.9 Å². The maximum atomic E-state index is 13.3. The van der Waals surface area contributed by atoms with E-state index in [4.69, 9.17) is 9.47 Å². The second-order valence-corrected chi connectivity index (χ2v) is 7.31. The number of fused-ring (bicyclic) bond motifs is 2. The molecule has 2 aromatic carbocycles. The second kappa shape index (κ2) is 8.13. The van der Waals surface area contributed by atoms with Gasteiger partial charge < -0.3 is 19.8 Å². The van der Waals surface area contributed by atoms with Gasteiger partial charge in [0, 0.05) is 48.7 Å². The Morgan fingerprint density at radius 1 is 1.31 bits per heavy atom. The van der Waals surface area contributed by atoms with Gasteiger partial charge in [0.05, 0.1) is 7.11 Å². The van der Waals surface area contributed by atoms with Crippen molar-refractivity contribution in [1.29, 1.82) is 0 Å². The molecule has 0 unspecified atom stereocenters. The van der Waals surface area contributed by atoms with Gasteiger partial charge in [0.25, 0.3) is 5.91 Å². The van der Waals surface area contributed by atoms with Gasteiger partial charge in [-0.05, 0) is 37.3 Å². The van der Waals surface area contributed by atoms with Crippen LogP contribution in [0.1, 0.15) is 23.0 Å². The maximum Gasteiger partial charge on any atom is 0.267 e. The summed E-state index contributed by atoms with van der Waals surface area (Å²) in [5.74, 6) is 1.09. The number of nitrogens with one attached hydrogen (secondary N) is 2. The standard InChI is InChI=1S/C22H24FN3O3/c1-14-12-26(13-15-3-5-18(28-2)11-21(15)29-14)8-7-24-22(27)20-10-16-9-17(23)4-6-19(16)25-20/h3-6,9-11,14,25H,7-8,12-13H2,1-2H3,(H,24,27)/t14-/m0/s1. The molecule has 7 heteroatoms. The number of hydrogen-bond acceptors (Lipinski definition) is 4. The molecule has 3 aromatic rings. The van der Waals surface area contributed by atoms with Crippen LogP contribution in [0.5, 0.6) is 11.5 Å². The lowest BCUT2D eigenvalue weighted by atomic mass is 10.2. The Balaban J connectivity index is 1.37. The van der Waals surface area contributed by atoms with E-state index in [1.54, 1.807) is 19.2 Å². The second-order valence-electron chi connectivity index (χ2n) is 7.31. The first-order chi connectivity index (χ1) is 14.0. The van der Waals surface area contributed by atoms with Crippen molar-refractivity contribution < 1.29 is 18.7 Å². The molecule has 2 N–H and O–H groups in total. The van der Waals surface area contributed by atoms with Gasteiger partial charge in [-0.3, -0.25) is 9.69 Å². The number of carbonyl (C=O) groups excluding carboxylic acids is 1. The minimum Gasteiger partial charge on any atom is -0.497 e. The number of halogens is 1. The van der Waals surface area contributed by atoms with E-state index in [0.717, 1.165) is 35.7 Å². The number of carbonyl (C=O) groups is 1. The third-order valence-corrected chi connectivity index (χ3v) is 5.05. The van der Waals surface area contributed by atoms with Gasteiger partial charge in [0.15, 0.2) is 0 Å². The first-order valence-electron chi connectivity index (χ1n) is 9.64. The van der Waals surface area contributed by atoms with Crippen molar-refractivity contribution in [1.82, 2.24) is 15.2 Å². The Morgan fingerprint density at radius 3 is 3.00 bits per heavy atom. The topological polar surface area (TPSA) is 66.6 Å². The first kappa shape index (κ1) is 19.3. The number of rotatable bonds is 5. The molecule has 1 aliphatic rings. The van der Waals surface area contributed by atoms with Crippen molar-refractivity contribution in [2.45, 2.75) is 19.6 Å². The van der Waals surface area contributed by atoms with Gasteiger partial charge in [0.2, 0.25) is 0 Å². The summed E-state index contributed by atoms with van der Waals surface area (Å²) in [4.78, 5) is 17.7. The highest BCUT2D eigenvalue weighted by atomic mass is 19.1. The molecule has 0 radical (unpaired) electrons. The lowest BCUT2D eigenvalue weighted by Gasteiger charge is -2.21. The zero-order valence-electron chi connectivity index (χ0n) is 16.5. The molecule has 2 heterocycles. The molecular formula is C22H24FN3O3. The molecule has 0 saturated heterocycles. The van der Waals surface area contributed by atoms with Crippen LogP contribution in [0.3, 0.4) is 0 Å². The zero-order chi connectivity index (χ0) is 20.4.